The first-order chi connectivity index (χ1) is 13.0. The van der Waals surface area contributed by atoms with Crippen LogP contribution >= 0.6 is 22.9 Å². The third-order valence-electron chi connectivity index (χ3n) is 4.34. The van der Waals surface area contributed by atoms with Gasteiger partial charge in [0.2, 0.25) is 0 Å². The molecule has 1 saturated heterocycles. The smallest absolute Gasteiger partial charge is 0.309 e. The van der Waals surface area contributed by atoms with Gasteiger partial charge in [0.25, 0.3) is 5.91 Å². The zero-order valence-corrected chi connectivity index (χ0v) is 16.8. The Hall–Kier alpha value is -2.19. The number of carbonyl (C=O) groups excluding carboxylic acids is 2. The van der Waals surface area contributed by atoms with Gasteiger partial charge in [-0.15, -0.1) is 11.3 Å². The highest BCUT2D eigenvalue weighted by molar-refractivity contribution is 7.13. The fourth-order valence-corrected chi connectivity index (χ4v) is 3.92. The Morgan fingerprint density at radius 3 is 2.74 bits per heavy atom. The van der Waals surface area contributed by atoms with E-state index in [0.29, 0.717) is 54.1 Å². The van der Waals surface area contributed by atoms with Crippen molar-refractivity contribution in [3.8, 4) is 0 Å². The Labute approximate surface area is 166 Å². The van der Waals surface area contributed by atoms with E-state index in [2.05, 4.69) is 15.3 Å². The number of hydrogen-bond acceptors (Lipinski definition) is 7. The molecule has 1 aliphatic rings. The Balaban J connectivity index is 1.63. The highest BCUT2D eigenvalue weighted by Crippen LogP contribution is 2.29. The predicted molar refractivity (Wildman–Crippen MR) is 106 cm³/mol. The number of aromatic nitrogens is 2. The summed E-state index contributed by atoms with van der Waals surface area (Å²) in [6.45, 7) is 5.41. The maximum absolute atomic E-state index is 12.3. The summed E-state index contributed by atoms with van der Waals surface area (Å²) in [5.74, 6) is 0.111. The molecule has 9 heteroatoms. The second kappa shape index (κ2) is 8.67. The minimum atomic E-state index is -0.300. The molecule has 0 spiro atoms. The summed E-state index contributed by atoms with van der Waals surface area (Å²) in [5.41, 5.74) is 1.23. The largest absolute Gasteiger partial charge is 0.466 e. The number of anilines is 2. The minimum Gasteiger partial charge on any atom is -0.466 e. The van der Waals surface area contributed by atoms with Gasteiger partial charge in [0, 0.05) is 24.7 Å². The number of amides is 1. The lowest BCUT2D eigenvalue weighted by Gasteiger charge is -2.32. The van der Waals surface area contributed by atoms with Crippen LogP contribution in [0.1, 0.15) is 35.8 Å². The molecule has 0 bridgehead atoms. The molecule has 2 aromatic rings. The molecule has 1 fully saturated rings. The summed E-state index contributed by atoms with van der Waals surface area (Å²) < 4.78 is 5.09. The number of piperidine rings is 1. The van der Waals surface area contributed by atoms with E-state index in [9.17, 15) is 9.59 Å². The van der Waals surface area contributed by atoms with Crippen molar-refractivity contribution in [2.45, 2.75) is 26.7 Å². The summed E-state index contributed by atoms with van der Waals surface area (Å²) in [6, 6.07) is 1.61. The van der Waals surface area contributed by atoms with E-state index in [0.717, 1.165) is 5.69 Å². The zero-order chi connectivity index (χ0) is 19.4. The number of ether oxygens (including phenoxy) is 1. The van der Waals surface area contributed by atoms with Crippen LogP contribution < -0.4 is 10.2 Å². The summed E-state index contributed by atoms with van der Waals surface area (Å²) >= 11 is 7.74. The lowest BCUT2D eigenvalue weighted by molar-refractivity contribution is -0.148. The quantitative estimate of drug-likeness (QED) is 0.762. The highest BCUT2D eigenvalue weighted by atomic mass is 35.5. The van der Waals surface area contributed by atoms with Gasteiger partial charge in [-0.05, 0) is 32.8 Å². The van der Waals surface area contributed by atoms with Gasteiger partial charge in [0.1, 0.15) is 5.82 Å². The number of rotatable bonds is 5. The van der Waals surface area contributed by atoms with Gasteiger partial charge in [0.15, 0.2) is 5.13 Å². The molecule has 0 saturated carbocycles. The number of esters is 1. The molecule has 1 N–H and O–H groups in total. The van der Waals surface area contributed by atoms with E-state index in [1.54, 1.807) is 6.07 Å². The third-order valence-corrected chi connectivity index (χ3v) is 5.49. The van der Waals surface area contributed by atoms with Crippen LogP contribution in [0.3, 0.4) is 0 Å². The monoisotopic (exact) mass is 408 g/mol. The Morgan fingerprint density at radius 2 is 2.15 bits per heavy atom. The number of halogens is 1. The van der Waals surface area contributed by atoms with Crippen molar-refractivity contribution in [3.63, 3.8) is 0 Å². The number of thiazole rings is 1. The first-order valence-electron chi connectivity index (χ1n) is 8.78. The van der Waals surface area contributed by atoms with Gasteiger partial charge < -0.3 is 9.64 Å². The molecule has 7 nitrogen and oxygen atoms in total. The molecule has 0 aromatic carbocycles. The Morgan fingerprint density at radius 1 is 1.41 bits per heavy atom. The van der Waals surface area contributed by atoms with Crippen LogP contribution in [-0.2, 0) is 9.53 Å². The molecule has 1 aliphatic heterocycles. The molecular weight excluding hydrogens is 388 g/mol. The van der Waals surface area contributed by atoms with Crippen LogP contribution in [0.25, 0.3) is 0 Å². The average molecular weight is 409 g/mol. The van der Waals surface area contributed by atoms with Crippen LogP contribution in [0.5, 0.6) is 0 Å². The second-order valence-electron chi connectivity index (χ2n) is 6.29. The summed E-state index contributed by atoms with van der Waals surface area (Å²) in [4.78, 5) is 34.8. The average Bonchev–Trinajstić information content (AvgIpc) is 3.06. The van der Waals surface area contributed by atoms with Gasteiger partial charge in [-0.1, -0.05) is 11.6 Å². The number of hydrogen-bond donors (Lipinski definition) is 1. The Kier molecular flexibility index (Phi) is 6.28. The lowest BCUT2D eigenvalue weighted by atomic mass is 9.97. The van der Waals surface area contributed by atoms with Gasteiger partial charge in [-0.3, -0.25) is 14.9 Å². The Bertz CT molecular complexity index is 834. The molecule has 2 aromatic heterocycles. The maximum atomic E-state index is 12.3. The van der Waals surface area contributed by atoms with Gasteiger partial charge in [-0.25, -0.2) is 9.97 Å². The van der Waals surface area contributed by atoms with E-state index in [1.807, 2.05) is 24.1 Å². The molecule has 3 rings (SSSR count). The van der Waals surface area contributed by atoms with E-state index in [4.69, 9.17) is 16.3 Å². The fourth-order valence-electron chi connectivity index (χ4n) is 2.96. The van der Waals surface area contributed by atoms with Crippen LogP contribution in [0.15, 0.2) is 17.6 Å². The second-order valence-corrected chi connectivity index (χ2v) is 7.56. The molecule has 0 atom stereocenters. The van der Waals surface area contributed by atoms with Crippen molar-refractivity contribution in [2.75, 3.05) is 29.9 Å². The SMILES string of the molecule is CCOC(=O)C1CCN(c2ncc(C(=O)Nc3nc(C)cs3)cc2Cl)CC1. The van der Waals surface area contributed by atoms with E-state index < -0.39 is 0 Å². The first-order valence-corrected chi connectivity index (χ1v) is 10.0. The standard InChI is InChI=1S/C18H21ClN4O3S/c1-3-26-17(25)12-4-6-23(7-5-12)15-14(19)8-13(9-20-15)16(24)22-18-21-11(2)10-27-18/h8-10,12H,3-7H2,1-2H3,(H,21,22,24). The predicted octanol–water partition coefficient (Wildman–Crippen LogP) is 3.53. The van der Waals surface area contributed by atoms with E-state index in [-0.39, 0.29) is 17.8 Å². The number of nitrogens with zero attached hydrogens (tertiary/aromatic N) is 3. The maximum Gasteiger partial charge on any atom is 0.309 e. The molecule has 0 unspecified atom stereocenters. The van der Waals surface area contributed by atoms with Gasteiger partial charge in [0.05, 0.1) is 28.8 Å². The summed E-state index contributed by atoms with van der Waals surface area (Å²) in [6.07, 6.45) is 2.90. The molecule has 144 valence electrons. The van der Waals surface area contributed by atoms with E-state index in [1.165, 1.54) is 17.5 Å². The normalized spacial score (nSPS) is 14.9. The van der Waals surface area contributed by atoms with Crippen LogP contribution in [-0.4, -0.2) is 41.5 Å². The molecule has 3 heterocycles. The number of carbonyl (C=O) groups is 2. The van der Waals surface area contributed by atoms with Crippen LogP contribution in [0.4, 0.5) is 10.9 Å². The molecule has 27 heavy (non-hydrogen) atoms. The van der Waals surface area contributed by atoms with Crippen molar-refractivity contribution in [2.24, 2.45) is 5.92 Å². The molecular formula is C18H21ClN4O3S. The third kappa shape index (κ3) is 4.75. The number of aryl methyl sites for hydroxylation is 1. The molecule has 0 aliphatic carbocycles. The molecule has 0 radical (unpaired) electrons. The summed E-state index contributed by atoms with van der Waals surface area (Å²) in [5, 5.41) is 5.56. The van der Waals surface area contributed by atoms with Crippen molar-refractivity contribution in [3.05, 3.63) is 33.9 Å². The topological polar surface area (TPSA) is 84.4 Å². The minimum absolute atomic E-state index is 0.0771. The van der Waals surface area contributed by atoms with E-state index >= 15 is 0 Å². The zero-order valence-electron chi connectivity index (χ0n) is 15.2. The van der Waals surface area contributed by atoms with Crippen molar-refractivity contribution in [1.82, 2.24) is 9.97 Å². The number of nitrogens with one attached hydrogen (secondary N) is 1. The van der Waals surface area contributed by atoms with Gasteiger partial charge >= 0.3 is 5.97 Å². The van der Waals surface area contributed by atoms with Crippen molar-refractivity contribution < 1.29 is 14.3 Å². The van der Waals surface area contributed by atoms with Crippen LogP contribution in [0.2, 0.25) is 5.02 Å². The first kappa shape index (κ1) is 19.6. The lowest BCUT2D eigenvalue weighted by Crippen LogP contribution is -2.37. The summed E-state index contributed by atoms with van der Waals surface area (Å²) in [7, 11) is 0. The number of pyridine rings is 1. The van der Waals surface area contributed by atoms with Crippen LogP contribution in [0, 0.1) is 12.8 Å². The van der Waals surface area contributed by atoms with Gasteiger partial charge in [-0.2, -0.15) is 0 Å². The fraction of sp³-hybridized carbons (Fsp3) is 0.444. The molecule has 1 amide bonds. The highest BCUT2D eigenvalue weighted by Gasteiger charge is 2.27. The van der Waals surface area contributed by atoms with Crippen molar-refractivity contribution in [1.29, 1.82) is 0 Å². The van der Waals surface area contributed by atoms with Crippen molar-refractivity contribution >= 4 is 45.8 Å².